The zero-order valence-corrected chi connectivity index (χ0v) is 12.4. The Hall–Kier alpha value is 0.440. The van der Waals surface area contributed by atoms with Crippen molar-refractivity contribution in [3.05, 3.63) is 0 Å². The lowest BCUT2D eigenvalue weighted by Gasteiger charge is -2.36. The largest absolute Gasteiger partial charge is 0.392 e. The summed E-state index contributed by atoms with van der Waals surface area (Å²) in [5.41, 5.74) is 0.374. The van der Waals surface area contributed by atoms with Gasteiger partial charge in [0.15, 0.2) is 0 Å². The molecule has 0 aromatic rings. The Balaban J connectivity index is 2.89. The molecular formula is C13H25BrO. The van der Waals surface area contributed by atoms with Gasteiger partial charge in [0.1, 0.15) is 0 Å². The minimum atomic E-state index is -0.172. The van der Waals surface area contributed by atoms with E-state index in [0.29, 0.717) is 16.7 Å². The van der Waals surface area contributed by atoms with E-state index in [1.807, 2.05) is 0 Å². The molecule has 0 bridgehead atoms. The molecule has 0 aromatic heterocycles. The summed E-state index contributed by atoms with van der Waals surface area (Å²) in [5, 5.41) is 10.5. The number of hydrogen-bond donors (Lipinski definition) is 1. The molecule has 2 heteroatoms. The van der Waals surface area contributed by atoms with Gasteiger partial charge in [-0.2, -0.15) is 0 Å². The Morgan fingerprint density at radius 2 is 1.47 bits per heavy atom. The SMILES string of the molecule is CC(C)(C)C1C(Br)C[C@@H](C(C)(C)C)C1O. The molecule has 0 amide bonds. The first-order valence-electron chi connectivity index (χ1n) is 5.87. The summed E-state index contributed by atoms with van der Waals surface area (Å²) in [5.74, 6) is 0.771. The third-order valence-electron chi connectivity index (χ3n) is 3.76. The summed E-state index contributed by atoms with van der Waals surface area (Å²) in [6.07, 6.45) is 0.918. The molecule has 1 fully saturated rings. The first kappa shape index (κ1) is 13.5. The molecule has 1 saturated carbocycles. The predicted molar refractivity (Wildman–Crippen MR) is 69.2 cm³/mol. The fraction of sp³-hybridized carbons (Fsp3) is 1.00. The summed E-state index contributed by atoms with van der Waals surface area (Å²) in [7, 11) is 0. The predicted octanol–water partition coefficient (Wildman–Crippen LogP) is 3.84. The van der Waals surface area contributed by atoms with Crippen LogP contribution in [-0.2, 0) is 0 Å². The van der Waals surface area contributed by atoms with Crippen LogP contribution in [0.4, 0.5) is 0 Å². The van der Waals surface area contributed by atoms with Crippen molar-refractivity contribution in [3.8, 4) is 0 Å². The van der Waals surface area contributed by atoms with E-state index in [1.165, 1.54) is 0 Å². The van der Waals surface area contributed by atoms with E-state index in [0.717, 1.165) is 6.42 Å². The van der Waals surface area contributed by atoms with Crippen molar-refractivity contribution in [2.45, 2.75) is 58.9 Å². The molecule has 0 radical (unpaired) electrons. The second-order valence-corrected chi connectivity index (χ2v) is 8.28. The molecule has 0 heterocycles. The number of halogens is 1. The van der Waals surface area contributed by atoms with Crippen molar-refractivity contribution >= 4 is 15.9 Å². The Bertz CT molecular complexity index is 224. The Kier molecular flexibility index (Phi) is 3.63. The van der Waals surface area contributed by atoms with E-state index in [1.54, 1.807) is 0 Å². The van der Waals surface area contributed by atoms with E-state index in [9.17, 15) is 5.11 Å². The third-order valence-corrected chi connectivity index (χ3v) is 4.70. The highest BCUT2D eigenvalue weighted by Gasteiger charge is 2.49. The zero-order chi connectivity index (χ0) is 12.0. The van der Waals surface area contributed by atoms with Crippen molar-refractivity contribution in [3.63, 3.8) is 0 Å². The van der Waals surface area contributed by atoms with Gasteiger partial charge in [0.2, 0.25) is 0 Å². The van der Waals surface area contributed by atoms with E-state index in [-0.39, 0.29) is 16.9 Å². The smallest absolute Gasteiger partial charge is 0.0617 e. The van der Waals surface area contributed by atoms with Crippen LogP contribution in [0.2, 0.25) is 0 Å². The van der Waals surface area contributed by atoms with E-state index in [4.69, 9.17) is 0 Å². The molecule has 90 valence electrons. The Morgan fingerprint density at radius 1 is 1.00 bits per heavy atom. The standard InChI is InChI=1S/C13H25BrO/c1-12(2,3)8-7-9(14)10(11(8)15)13(4,5)6/h8-11,15H,7H2,1-6H3/t8-,9?,10?,11?/m1/s1. The van der Waals surface area contributed by atoms with Crippen LogP contribution in [0.1, 0.15) is 48.0 Å². The van der Waals surface area contributed by atoms with Crippen LogP contribution in [0.25, 0.3) is 0 Å². The van der Waals surface area contributed by atoms with Crippen LogP contribution < -0.4 is 0 Å². The quantitative estimate of drug-likeness (QED) is 0.667. The lowest BCUT2D eigenvalue weighted by atomic mass is 9.73. The molecule has 0 aliphatic heterocycles. The monoisotopic (exact) mass is 276 g/mol. The van der Waals surface area contributed by atoms with E-state index < -0.39 is 0 Å². The van der Waals surface area contributed by atoms with Crippen molar-refractivity contribution in [2.75, 3.05) is 0 Å². The van der Waals surface area contributed by atoms with E-state index in [2.05, 4.69) is 57.5 Å². The van der Waals surface area contributed by atoms with Gasteiger partial charge in [-0.05, 0) is 23.2 Å². The molecule has 0 aromatic carbocycles. The topological polar surface area (TPSA) is 20.2 Å². The fourth-order valence-electron chi connectivity index (χ4n) is 2.91. The summed E-state index contributed by atoms with van der Waals surface area (Å²) < 4.78 is 0. The van der Waals surface area contributed by atoms with Gasteiger partial charge >= 0.3 is 0 Å². The number of aliphatic hydroxyl groups is 1. The highest BCUT2D eigenvalue weighted by Crippen LogP contribution is 2.50. The maximum absolute atomic E-state index is 10.5. The van der Waals surface area contributed by atoms with Gasteiger partial charge in [0, 0.05) is 10.7 Å². The minimum absolute atomic E-state index is 0.172. The van der Waals surface area contributed by atoms with Crippen LogP contribution in [0, 0.1) is 22.7 Å². The Labute approximate surface area is 103 Å². The van der Waals surface area contributed by atoms with Gasteiger partial charge in [-0.3, -0.25) is 0 Å². The van der Waals surface area contributed by atoms with Crippen molar-refractivity contribution in [1.82, 2.24) is 0 Å². The summed E-state index contributed by atoms with van der Waals surface area (Å²) in [4.78, 5) is 0.455. The van der Waals surface area contributed by atoms with Gasteiger partial charge < -0.3 is 5.11 Å². The maximum atomic E-state index is 10.5. The normalized spacial score (nSPS) is 38.4. The molecule has 15 heavy (non-hydrogen) atoms. The number of alkyl halides is 1. The van der Waals surface area contributed by atoms with Gasteiger partial charge in [0.25, 0.3) is 0 Å². The molecule has 1 aliphatic carbocycles. The number of hydrogen-bond acceptors (Lipinski definition) is 1. The highest BCUT2D eigenvalue weighted by molar-refractivity contribution is 9.09. The molecule has 1 aliphatic rings. The zero-order valence-electron chi connectivity index (χ0n) is 10.8. The summed E-state index contributed by atoms with van der Waals surface area (Å²) in [6, 6.07) is 0. The first-order valence-corrected chi connectivity index (χ1v) is 6.79. The van der Waals surface area contributed by atoms with Gasteiger partial charge in [0.05, 0.1) is 6.10 Å². The lowest BCUT2D eigenvalue weighted by Crippen LogP contribution is -2.37. The van der Waals surface area contributed by atoms with Crippen LogP contribution in [0.15, 0.2) is 0 Å². The molecule has 1 N–H and O–H groups in total. The lowest BCUT2D eigenvalue weighted by molar-refractivity contribution is 0.00706. The maximum Gasteiger partial charge on any atom is 0.0617 e. The summed E-state index contributed by atoms with van der Waals surface area (Å²) in [6.45, 7) is 13.4. The second kappa shape index (κ2) is 4.03. The molecule has 3 unspecified atom stereocenters. The molecule has 0 spiro atoms. The summed E-state index contributed by atoms with van der Waals surface area (Å²) >= 11 is 3.75. The van der Waals surface area contributed by atoms with Crippen molar-refractivity contribution in [1.29, 1.82) is 0 Å². The average molecular weight is 277 g/mol. The fourth-order valence-corrected chi connectivity index (χ4v) is 4.42. The highest BCUT2D eigenvalue weighted by atomic mass is 79.9. The van der Waals surface area contributed by atoms with Crippen LogP contribution in [-0.4, -0.2) is 16.0 Å². The Morgan fingerprint density at radius 3 is 1.67 bits per heavy atom. The van der Waals surface area contributed by atoms with Crippen LogP contribution in [0.5, 0.6) is 0 Å². The first-order chi connectivity index (χ1) is 6.55. The molecule has 1 rings (SSSR count). The third kappa shape index (κ3) is 2.76. The van der Waals surface area contributed by atoms with Gasteiger partial charge in [-0.1, -0.05) is 57.5 Å². The molecule has 0 saturated heterocycles. The minimum Gasteiger partial charge on any atom is -0.392 e. The van der Waals surface area contributed by atoms with Crippen molar-refractivity contribution in [2.24, 2.45) is 22.7 Å². The molecule has 4 atom stereocenters. The van der Waals surface area contributed by atoms with Crippen LogP contribution >= 0.6 is 15.9 Å². The number of aliphatic hydroxyl groups excluding tert-OH is 1. The molecular weight excluding hydrogens is 252 g/mol. The van der Waals surface area contributed by atoms with Crippen LogP contribution in [0.3, 0.4) is 0 Å². The second-order valence-electron chi connectivity index (χ2n) is 7.11. The van der Waals surface area contributed by atoms with Gasteiger partial charge in [-0.15, -0.1) is 0 Å². The molecule has 1 nitrogen and oxygen atoms in total. The van der Waals surface area contributed by atoms with Gasteiger partial charge in [-0.25, -0.2) is 0 Å². The van der Waals surface area contributed by atoms with E-state index >= 15 is 0 Å². The average Bonchev–Trinajstić information content (AvgIpc) is 2.22. The number of rotatable bonds is 0. The van der Waals surface area contributed by atoms with Crippen molar-refractivity contribution < 1.29 is 5.11 Å².